The number of nitrogens with zero attached hydrogens (tertiary/aromatic N) is 2. The van der Waals surface area contributed by atoms with Gasteiger partial charge < -0.3 is 5.32 Å². The summed E-state index contributed by atoms with van der Waals surface area (Å²) in [7, 11) is 0. The van der Waals surface area contributed by atoms with Crippen molar-refractivity contribution in [1.82, 2.24) is 15.1 Å². The zero-order chi connectivity index (χ0) is 21.5. The van der Waals surface area contributed by atoms with Crippen LogP contribution in [0.5, 0.6) is 0 Å². The normalized spacial score (nSPS) is 10.7. The Morgan fingerprint density at radius 2 is 1.55 bits per heavy atom. The maximum absolute atomic E-state index is 12.4. The van der Waals surface area contributed by atoms with E-state index in [4.69, 9.17) is 5.10 Å². The first-order chi connectivity index (χ1) is 15.2. The standard InChI is InChI=1S/C27H27N3O/c1-21-12-14-23(15-13-21)27-24(20-30(29-27)25-10-6-3-7-11-25)16-17-26(31)28-19-18-22-8-4-2-5-9-22/h2-15,20H,16-19H2,1H3,(H,28,31). The Bertz CT molecular complexity index is 1120. The predicted octanol–water partition coefficient (Wildman–Crippen LogP) is 5.14. The van der Waals surface area contributed by atoms with E-state index in [1.54, 1.807) is 0 Å². The van der Waals surface area contributed by atoms with Gasteiger partial charge in [0.15, 0.2) is 0 Å². The minimum atomic E-state index is 0.0678. The van der Waals surface area contributed by atoms with Crippen LogP contribution in [0, 0.1) is 6.92 Å². The third-order valence-corrected chi connectivity index (χ3v) is 5.34. The molecule has 4 aromatic rings. The van der Waals surface area contributed by atoms with Gasteiger partial charge in [0, 0.05) is 24.7 Å². The Labute approximate surface area is 183 Å². The van der Waals surface area contributed by atoms with Crippen molar-refractivity contribution in [2.24, 2.45) is 0 Å². The summed E-state index contributed by atoms with van der Waals surface area (Å²) in [6, 6.07) is 28.7. The van der Waals surface area contributed by atoms with Crippen LogP contribution in [0.4, 0.5) is 0 Å². The zero-order valence-electron chi connectivity index (χ0n) is 17.8. The molecule has 0 saturated carbocycles. The van der Waals surface area contributed by atoms with Gasteiger partial charge in [0.2, 0.25) is 5.91 Å². The Balaban J connectivity index is 1.45. The predicted molar refractivity (Wildman–Crippen MR) is 125 cm³/mol. The monoisotopic (exact) mass is 409 g/mol. The highest BCUT2D eigenvalue weighted by Gasteiger charge is 2.14. The van der Waals surface area contributed by atoms with Crippen LogP contribution in [0.25, 0.3) is 16.9 Å². The van der Waals surface area contributed by atoms with E-state index in [-0.39, 0.29) is 5.91 Å². The van der Waals surface area contributed by atoms with Crippen LogP contribution in [-0.4, -0.2) is 22.2 Å². The van der Waals surface area contributed by atoms with Gasteiger partial charge in [0.05, 0.1) is 11.4 Å². The van der Waals surface area contributed by atoms with E-state index in [0.717, 1.165) is 28.9 Å². The van der Waals surface area contributed by atoms with Crippen molar-refractivity contribution in [2.45, 2.75) is 26.2 Å². The lowest BCUT2D eigenvalue weighted by Gasteiger charge is -2.06. The Morgan fingerprint density at radius 1 is 0.871 bits per heavy atom. The number of carbonyl (C=O) groups excluding carboxylic acids is 1. The fraction of sp³-hybridized carbons (Fsp3) is 0.185. The van der Waals surface area contributed by atoms with Gasteiger partial charge in [-0.25, -0.2) is 4.68 Å². The van der Waals surface area contributed by atoms with Crippen LogP contribution in [0.2, 0.25) is 0 Å². The molecule has 1 N–H and O–H groups in total. The molecule has 0 atom stereocenters. The van der Waals surface area contributed by atoms with E-state index >= 15 is 0 Å². The van der Waals surface area contributed by atoms with Gasteiger partial charge in [-0.2, -0.15) is 5.10 Å². The Kier molecular flexibility index (Phi) is 6.58. The first kappa shape index (κ1) is 20.6. The molecule has 0 unspecified atom stereocenters. The summed E-state index contributed by atoms with van der Waals surface area (Å²) in [6.45, 7) is 2.73. The van der Waals surface area contributed by atoms with E-state index in [1.807, 2.05) is 59.4 Å². The van der Waals surface area contributed by atoms with Crippen molar-refractivity contribution >= 4 is 5.91 Å². The number of aromatic nitrogens is 2. The van der Waals surface area contributed by atoms with Crippen molar-refractivity contribution < 1.29 is 4.79 Å². The van der Waals surface area contributed by atoms with Crippen molar-refractivity contribution in [1.29, 1.82) is 0 Å². The zero-order valence-corrected chi connectivity index (χ0v) is 17.8. The molecule has 0 spiro atoms. The fourth-order valence-electron chi connectivity index (χ4n) is 3.59. The number of carbonyl (C=O) groups is 1. The number of rotatable bonds is 8. The molecule has 0 saturated heterocycles. The molecule has 156 valence electrons. The Morgan fingerprint density at radius 3 is 2.26 bits per heavy atom. The minimum absolute atomic E-state index is 0.0678. The van der Waals surface area contributed by atoms with Gasteiger partial charge in [-0.05, 0) is 43.0 Å². The highest BCUT2D eigenvalue weighted by molar-refractivity contribution is 5.76. The van der Waals surface area contributed by atoms with Crippen LogP contribution in [0.15, 0.2) is 91.1 Å². The van der Waals surface area contributed by atoms with E-state index < -0.39 is 0 Å². The van der Waals surface area contributed by atoms with Crippen LogP contribution < -0.4 is 5.32 Å². The molecule has 0 aliphatic heterocycles. The first-order valence-electron chi connectivity index (χ1n) is 10.7. The number of hydrogen-bond donors (Lipinski definition) is 1. The van der Waals surface area contributed by atoms with Crippen LogP contribution in [0.1, 0.15) is 23.1 Å². The molecule has 4 nitrogen and oxygen atoms in total. The van der Waals surface area contributed by atoms with Gasteiger partial charge >= 0.3 is 0 Å². The molecular weight excluding hydrogens is 382 g/mol. The molecule has 0 fully saturated rings. The van der Waals surface area contributed by atoms with Crippen LogP contribution >= 0.6 is 0 Å². The topological polar surface area (TPSA) is 46.9 Å². The highest BCUT2D eigenvalue weighted by Crippen LogP contribution is 2.25. The van der Waals surface area contributed by atoms with Crippen molar-refractivity contribution in [2.75, 3.05) is 6.54 Å². The molecule has 3 aromatic carbocycles. The van der Waals surface area contributed by atoms with Crippen LogP contribution in [0.3, 0.4) is 0 Å². The van der Waals surface area contributed by atoms with Gasteiger partial charge in [0.1, 0.15) is 0 Å². The third kappa shape index (κ3) is 5.48. The van der Waals surface area contributed by atoms with Crippen molar-refractivity contribution in [3.8, 4) is 16.9 Å². The third-order valence-electron chi connectivity index (χ3n) is 5.34. The molecule has 4 heteroatoms. The quantitative estimate of drug-likeness (QED) is 0.438. The number of benzene rings is 3. The smallest absolute Gasteiger partial charge is 0.220 e. The molecule has 0 bridgehead atoms. The maximum Gasteiger partial charge on any atom is 0.220 e. The molecule has 0 aliphatic carbocycles. The summed E-state index contributed by atoms with van der Waals surface area (Å²) in [5, 5.41) is 7.89. The number of amides is 1. The summed E-state index contributed by atoms with van der Waals surface area (Å²) in [4.78, 5) is 12.4. The summed E-state index contributed by atoms with van der Waals surface area (Å²) in [5.74, 6) is 0.0678. The van der Waals surface area contributed by atoms with Crippen LogP contribution in [-0.2, 0) is 17.6 Å². The summed E-state index contributed by atoms with van der Waals surface area (Å²) < 4.78 is 1.90. The lowest BCUT2D eigenvalue weighted by Crippen LogP contribution is -2.25. The van der Waals surface area contributed by atoms with Gasteiger partial charge in [-0.15, -0.1) is 0 Å². The van der Waals surface area contributed by atoms with Crippen molar-refractivity contribution in [3.05, 3.63) is 108 Å². The summed E-state index contributed by atoms with van der Waals surface area (Å²) in [6.07, 6.45) is 3.97. The van der Waals surface area contributed by atoms with Gasteiger partial charge in [-0.3, -0.25) is 4.79 Å². The largest absolute Gasteiger partial charge is 0.356 e. The minimum Gasteiger partial charge on any atom is -0.356 e. The molecule has 1 amide bonds. The summed E-state index contributed by atoms with van der Waals surface area (Å²) in [5.41, 5.74) is 6.53. The van der Waals surface area contributed by atoms with Gasteiger partial charge in [0.25, 0.3) is 0 Å². The molecule has 1 heterocycles. The molecule has 4 rings (SSSR count). The highest BCUT2D eigenvalue weighted by atomic mass is 16.1. The number of aryl methyl sites for hydroxylation is 2. The summed E-state index contributed by atoms with van der Waals surface area (Å²) >= 11 is 0. The second-order valence-electron chi connectivity index (χ2n) is 7.73. The number of hydrogen-bond acceptors (Lipinski definition) is 2. The fourth-order valence-corrected chi connectivity index (χ4v) is 3.59. The van der Waals surface area contributed by atoms with E-state index in [2.05, 4.69) is 48.6 Å². The average Bonchev–Trinajstić information content (AvgIpc) is 3.24. The second kappa shape index (κ2) is 9.90. The number of nitrogens with one attached hydrogen (secondary N) is 1. The van der Waals surface area contributed by atoms with E-state index in [1.165, 1.54) is 11.1 Å². The van der Waals surface area contributed by atoms with Gasteiger partial charge in [-0.1, -0.05) is 78.4 Å². The Hall–Kier alpha value is -3.66. The molecule has 1 aromatic heterocycles. The lowest BCUT2D eigenvalue weighted by molar-refractivity contribution is -0.121. The maximum atomic E-state index is 12.4. The SMILES string of the molecule is Cc1ccc(-c2nn(-c3ccccc3)cc2CCC(=O)NCCc2ccccc2)cc1. The lowest BCUT2D eigenvalue weighted by atomic mass is 10.0. The molecular formula is C27H27N3O. The average molecular weight is 410 g/mol. The van der Waals surface area contributed by atoms with E-state index in [9.17, 15) is 4.79 Å². The first-order valence-corrected chi connectivity index (χ1v) is 10.7. The molecule has 0 radical (unpaired) electrons. The number of para-hydroxylation sites is 1. The van der Waals surface area contributed by atoms with E-state index in [0.29, 0.717) is 19.4 Å². The molecule has 0 aliphatic rings. The van der Waals surface area contributed by atoms with Crippen molar-refractivity contribution in [3.63, 3.8) is 0 Å². The second-order valence-corrected chi connectivity index (χ2v) is 7.73. The molecule has 31 heavy (non-hydrogen) atoms.